The minimum atomic E-state index is -1.88. The summed E-state index contributed by atoms with van der Waals surface area (Å²) in [5.74, 6) is -0.934. The summed E-state index contributed by atoms with van der Waals surface area (Å²) in [4.78, 5) is 15.6. The number of nitrogens with two attached hydrogens (primary N) is 1. The molecule has 0 aliphatic carbocycles. The van der Waals surface area contributed by atoms with Crippen LogP contribution in [0.2, 0.25) is 0 Å². The number of fused-ring (bicyclic) bond motifs is 1. The molecule has 0 aliphatic rings. The van der Waals surface area contributed by atoms with Crippen molar-refractivity contribution in [1.82, 2.24) is 4.98 Å². The number of aromatic nitrogens is 1. The molecule has 0 saturated heterocycles. The van der Waals surface area contributed by atoms with Crippen LogP contribution in [0, 0.1) is 0 Å². The Kier molecular flexibility index (Phi) is 4.06. The fourth-order valence-electron chi connectivity index (χ4n) is 1.93. The van der Waals surface area contributed by atoms with E-state index in [4.69, 9.17) is 5.73 Å². The van der Waals surface area contributed by atoms with E-state index in [2.05, 4.69) is 9.72 Å². The molecule has 19 heavy (non-hydrogen) atoms. The molecule has 0 radical (unpaired) electrons. The Bertz CT molecular complexity index is 583. The molecule has 0 spiro atoms. The third-order valence-corrected chi connectivity index (χ3v) is 2.87. The predicted octanol–water partition coefficient (Wildman–Crippen LogP) is 2.14. The van der Waals surface area contributed by atoms with Crippen LogP contribution in [0.1, 0.15) is 18.5 Å². The van der Waals surface area contributed by atoms with Crippen molar-refractivity contribution in [3.8, 4) is 0 Å². The summed E-state index contributed by atoms with van der Waals surface area (Å²) in [6.07, 6.45) is -0.333. The first-order valence-corrected chi connectivity index (χ1v) is 6.05. The number of nitrogens with zero attached hydrogens (tertiary/aromatic N) is 1. The standard InChI is InChI=1S/C14H15FN2O2/c1-2-19-14(18)12(15)13(16)10-7-8-17-11-6-4-3-5-9(10)11/h3-8,12-13H,2,16H2,1H3/t12?,13-/m0/s1. The molecule has 2 atom stereocenters. The fourth-order valence-corrected chi connectivity index (χ4v) is 1.93. The Balaban J connectivity index is 2.36. The van der Waals surface area contributed by atoms with E-state index in [1.54, 1.807) is 25.3 Å². The lowest BCUT2D eigenvalue weighted by atomic mass is 9.99. The third-order valence-electron chi connectivity index (χ3n) is 2.87. The van der Waals surface area contributed by atoms with Crippen molar-refractivity contribution >= 4 is 16.9 Å². The number of hydrogen-bond donors (Lipinski definition) is 1. The number of ether oxygens (including phenoxy) is 1. The first-order valence-electron chi connectivity index (χ1n) is 6.05. The van der Waals surface area contributed by atoms with Crippen LogP contribution in [0.3, 0.4) is 0 Å². The first kappa shape index (κ1) is 13.4. The second kappa shape index (κ2) is 5.75. The van der Waals surface area contributed by atoms with Gasteiger partial charge in [0.05, 0.1) is 18.2 Å². The van der Waals surface area contributed by atoms with Crippen molar-refractivity contribution in [2.45, 2.75) is 19.1 Å². The number of esters is 1. The van der Waals surface area contributed by atoms with Crippen LogP contribution in [0.25, 0.3) is 10.9 Å². The zero-order chi connectivity index (χ0) is 13.8. The smallest absolute Gasteiger partial charge is 0.342 e. The van der Waals surface area contributed by atoms with Crippen molar-refractivity contribution in [2.24, 2.45) is 5.73 Å². The van der Waals surface area contributed by atoms with Crippen LogP contribution in [-0.2, 0) is 9.53 Å². The number of pyridine rings is 1. The zero-order valence-corrected chi connectivity index (χ0v) is 10.5. The highest BCUT2D eigenvalue weighted by atomic mass is 19.1. The van der Waals surface area contributed by atoms with Gasteiger partial charge in [-0.15, -0.1) is 0 Å². The van der Waals surface area contributed by atoms with Crippen LogP contribution in [-0.4, -0.2) is 23.7 Å². The largest absolute Gasteiger partial charge is 0.464 e. The van der Waals surface area contributed by atoms with E-state index in [-0.39, 0.29) is 6.61 Å². The fraction of sp³-hybridized carbons (Fsp3) is 0.286. The van der Waals surface area contributed by atoms with Crippen molar-refractivity contribution in [3.63, 3.8) is 0 Å². The van der Waals surface area contributed by atoms with E-state index >= 15 is 0 Å². The molecule has 4 nitrogen and oxygen atoms in total. The normalized spacial score (nSPS) is 14.1. The van der Waals surface area contributed by atoms with Crippen LogP contribution in [0.15, 0.2) is 36.5 Å². The molecule has 5 heteroatoms. The molecular formula is C14H15FN2O2. The van der Waals surface area contributed by atoms with Gasteiger partial charge in [-0.1, -0.05) is 18.2 Å². The van der Waals surface area contributed by atoms with Crippen LogP contribution in [0.4, 0.5) is 4.39 Å². The SMILES string of the molecule is CCOC(=O)C(F)[C@@H](N)c1ccnc2ccccc12. The number of para-hydroxylation sites is 1. The molecule has 0 amide bonds. The van der Waals surface area contributed by atoms with Crippen molar-refractivity contribution in [1.29, 1.82) is 0 Å². The second-order valence-electron chi connectivity index (χ2n) is 4.10. The molecule has 2 N–H and O–H groups in total. The maximum Gasteiger partial charge on any atom is 0.342 e. The number of benzene rings is 1. The Morgan fingerprint density at radius 2 is 2.16 bits per heavy atom. The monoisotopic (exact) mass is 262 g/mol. The first-order chi connectivity index (χ1) is 9.15. The molecule has 1 aromatic carbocycles. The average Bonchev–Trinajstić information content (AvgIpc) is 2.45. The number of rotatable bonds is 4. The van der Waals surface area contributed by atoms with Crippen LogP contribution < -0.4 is 5.73 Å². The highest BCUT2D eigenvalue weighted by Gasteiger charge is 2.28. The number of hydrogen-bond acceptors (Lipinski definition) is 4. The summed E-state index contributed by atoms with van der Waals surface area (Å²) in [5.41, 5.74) is 7.09. The highest BCUT2D eigenvalue weighted by molar-refractivity contribution is 5.84. The molecule has 1 heterocycles. The zero-order valence-electron chi connectivity index (χ0n) is 10.5. The van der Waals surface area contributed by atoms with Crippen molar-refractivity contribution in [3.05, 3.63) is 42.1 Å². The van der Waals surface area contributed by atoms with Gasteiger partial charge < -0.3 is 10.5 Å². The summed E-state index contributed by atoms with van der Waals surface area (Å²) in [6.45, 7) is 1.75. The molecular weight excluding hydrogens is 247 g/mol. The highest BCUT2D eigenvalue weighted by Crippen LogP contribution is 2.25. The molecule has 0 fully saturated rings. The van der Waals surface area contributed by atoms with Gasteiger partial charge >= 0.3 is 5.97 Å². The van der Waals surface area contributed by atoms with E-state index in [1.165, 1.54) is 0 Å². The van der Waals surface area contributed by atoms with E-state index in [0.29, 0.717) is 11.1 Å². The number of carbonyl (C=O) groups excluding carboxylic acids is 1. The number of alkyl halides is 1. The summed E-state index contributed by atoms with van der Waals surface area (Å²) < 4.78 is 18.6. The topological polar surface area (TPSA) is 65.2 Å². The van der Waals surface area contributed by atoms with E-state index in [0.717, 1.165) is 5.39 Å². The number of halogens is 1. The average molecular weight is 262 g/mol. The Morgan fingerprint density at radius 3 is 2.89 bits per heavy atom. The summed E-state index contributed by atoms with van der Waals surface area (Å²) in [6, 6.07) is 7.82. The molecule has 0 saturated carbocycles. The van der Waals surface area contributed by atoms with Gasteiger partial charge in [0.15, 0.2) is 0 Å². The molecule has 0 aliphatic heterocycles. The van der Waals surface area contributed by atoms with Gasteiger partial charge in [0, 0.05) is 11.6 Å². The molecule has 1 unspecified atom stereocenters. The lowest BCUT2D eigenvalue weighted by Gasteiger charge is -2.17. The van der Waals surface area contributed by atoms with Crippen molar-refractivity contribution < 1.29 is 13.9 Å². The van der Waals surface area contributed by atoms with Crippen molar-refractivity contribution in [2.75, 3.05) is 6.61 Å². The molecule has 2 rings (SSSR count). The molecule has 100 valence electrons. The van der Waals surface area contributed by atoms with E-state index < -0.39 is 18.2 Å². The maximum absolute atomic E-state index is 14.0. The Labute approximate surface area is 110 Å². The maximum atomic E-state index is 14.0. The minimum Gasteiger partial charge on any atom is -0.464 e. The van der Waals surface area contributed by atoms with Gasteiger partial charge in [0.25, 0.3) is 0 Å². The molecule has 2 aromatic rings. The van der Waals surface area contributed by atoms with Crippen LogP contribution in [0.5, 0.6) is 0 Å². The van der Waals surface area contributed by atoms with Gasteiger partial charge in [-0.05, 0) is 24.6 Å². The number of carbonyl (C=O) groups is 1. The summed E-state index contributed by atoms with van der Waals surface area (Å²) in [7, 11) is 0. The van der Waals surface area contributed by atoms with Crippen LogP contribution >= 0.6 is 0 Å². The van der Waals surface area contributed by atoms with Gasteiger partial charge in [0.1, 0.15) is 0 Å². The van der Waals surface area contributed by atoms with Gasteiger partial charge in [-0.25, -0.2) is 9.18 Å². The molecule has 1 aromatic heterocycles. The third kappa shape index (κ3) is 2.71. The lowest BCUT2D eigenvalue weighted by Crippen LogP contribution is -2.31. The van der Waals surface area contributed by atoms with Gasteiger partial charge in [0.2, 0.25) is 6.17 Å². The van der Waals surface area contributed by atoms with Gasteiger partial charge in [-0.2, -0.15) is 0 Å². The summed E-state index contributed by atoms with van der Waals surface area (Å²) >= 11 is 0. The Morgan fingerprint density at radius 1 is 1.42 bits per heavy atom. The predicted molar refractivity (Wildman–Crippen MR) is 70.2 cm³/mol. The quantitative estimate of drug-likeness (QED) is 0.857. The second-order valence-corrected chi connectivity index (χ2v) is 4.10. The lowest BCUT2D eigenvalue weighted by molar-refractivity contribution is -0.149. The Hall–Kier alpha value is -2.01. The van der Waals surface area contributed by atoms with E-state index in [1.807, 2.05) is 18.2 Å². The molecule has 0 bridgehead atoms. The van der Waals surface area contributed by atoms with Gasteiger partial charge in [-0.3, -0.25) is 4.98 Å². The minimum absolute atomic E-state index is 0.128. The summed E-state index contributed by atoms with van der Waals surface area (Å²) in [5, 5.41) is 0.740. The van der Waals surface area contributed by atoms with E-state index in [9.17, 15) is 9.18 Å².